The van der Waals surface area contributed by atoms with Crippen molar-refractivity contribution in [1.29, 1.82) is 0 Å². The molecule has 0 atom stereocenters. The van der Waals surface area contributed by atoms with Crippen molar-refractivity contribution < 1.29 is 4.79 Å². The van der Waals surface area contributed by atoms with Crippen LogP contribution in [0.4, 0.5) is 17.1 Å². The lowest BCUT2D eigenvalue weighted by molar-refractivity contribution is 0.0986. The van der Waals surface area contributed by atoms with E-state index in [9.17, 15) is 4.79 Å². The molecule has 4 N–H and O–H groups in total. The number of aryl methyl sites for hydroxylation is 1. The van der Waals surface area contributed by atoms with Crippen molar-refractivity contribution >= 4 is 23.0 Å². The number of nitrogens with two attached hydrogens (primary N) is 2. The van der Waals surface area contributed by atoms with E-state index in [0.29, 0.717) is 16.9 Å². The Hall–Kier alpha value is -2.49. The molecule has 20 heavy (non-hydrogen) atoms. The van der Waals surface area contributed by atoms with Crippen LogP contribution in [0.15, 0.2) is 42.5 Å². The maximum Gasteiger partial charge on any atom is 0.260 e. The Morgan fingerprint density at radius 1 is 1.10 bits per heavy atom. The highest BCUT2D eigenvalue weighted by molar-refractivity contribution is 6.10. The van der Waals surface area contributed by atoms with Crippen LogP contribution in [0.2, 0.25) is 0 Å². The number of nitrogen functional groups attached to an aromatic ring is 2. The van der Waals surface area contributed by atoms with Crippen LogP contribution in [0.25, 0.3) is 0 Å². The second kappa shape index (κ2) is 4.89. The molecule has 2 aromatic rings. The van der Waals surface area contributed by atoms with Crippen molar-refractivity contribution in [3.05, 3.63) is 53.6 Å². The molecule has 1 aliphatic rings. The normalized spacial score (nSPS) is 13.9. The van der Waals surface area contributed by atoms with Crippen LogP contribution in [-0.4, -0.2) is 12.5 Å². The highest BCUT2D eigenvalue weighted by Crippen LogP contribution is 2.29. The van der Waals surface area contributed by atoms with Crippen LogP contribution in [0.5, 0.6) is 0 Å². The van der Waals surface area contributed by atoms with Crippen molar-refractivity contribution in [1.82, 2.24) is 0 Å². The lowest BCUT2D eigenvalue weighted by Gasteiger charge is -2.29. The fraction of sp³-hybridized carbons (Fsp3) is 0.188. The van der Waals surface area contributed by atoms with E-state index in [2.05, 4.69) is 6.07 Å². The number of rotatable bonds is 1. The zero-order valence-electron chi connectivity index (χ0n) is 11.2. The van der Waals surface area contributed by atoms with Crippen LogP contribution in [-0.2, 0) is 6.42 Å². The van der Waals surface area contributed by atoms with E-state index in [4.69, 9.17) is 11.5 Å². The molecule has 1 aliphatic heterocycles. The maximum absolute atomic E-state index is 12.7. The van der Waals surface area contributed by atoms with Gasteiger partial charge in [0.1, 0.15) is 0 Å². The highest BCUT2D eigenvalue weighted by atomic mass is 16.2. The number of nitrogens with zero attached hydrogens (tertiary/aromatic N) is 1. The molecule has 0 saturated carbocycles. The average Bonchev–Trinajstić information content (AvgIpc) is 2.46. The second-order valence-corrected chi connectivity index (χ2v) is 5.04. The maximum atomic E-state index is 12.7. The third-order valence-electron chi connectivity index (χ3n) is 3.66. The van der Waals surface area contributed by atoms with Gasteiger partial charge in [0, 0.05) is 23.6 Å². The fourth-order valence-electron chi connectivity index (χ4n) is 2.67. The molecule has 0 fully saturated rings. The van der Waals surface area contributed by atoms with Crippen LogP contribution in [0, 0.1) is 0 Å². The molecule has 3 rings (SSSR count). The van der Waals surface area contributed by atoms with Gasteiger partial charge in [-0.05, 0) is 42.7 Å². The number of carbonyl (C=O) groups excluding carboxylic acids is 1. The largest absolute Gasteiger partial charge is 0.399 e. The number of para-hydroxylation sites is 1. The van der Waals surface area contributed by atoms with E-state index in [1.54, 1.807) is 23.1 Å². The first-order valence-electron chi connectivity index (χ1n) is 6.71. The predicted octanol–water partition coefficient (Wildman–Crippen LogP) is 2.44. The molecule has 1 heterocycles. The zero-order chi connectivity index (χ0) is 14.1. The average molecular weight is 267 g/mol. The third kappa shape index (κ3) is 2.09. The molecule has 102 valence electrons. The summed E-state index contributed by atoms with van der Waals surface area (Å²) in [6.07, 6.45) is 1.98. The van der Waals surface area contributed by atoms with Crippen LogP contribution < -0.4 is 16.4 Å². The summed E-state index contributed by atoms with van der Waals surface area (Å²) in [5, 5.41) is 0. The first-order valence-corrected chi connectivity index (χ1v) is 6.71. The summed E-state index contributed by atoms with van der Waals surface area (Å²) in [6.45, 7) is 0.722. The monoisotopic (exact) mass is 267 g/mol. The van der Waals surface area contributed by atoms with E-state index < -0.39 is 0 Å². The summed E-state index contributed by atoms with van der Waals surface area (Å²) in [7, 11) is 0. The molecule has 0 bridgehead atoms. The Labute approximate surface area is 118 Å². The van der Waals surface area contributed by atoms with Crippen molar-refractivity contribution in [3.8, 4) is 0 Å². The number of amides is 1. The molecule has 0 saturated heterocycles. The molecule has 0 radical (unpaired) electrons. The van der Waals surface area contributed by atoms with Crippen LogP contribution in [0.3, 0.4) is 0 Å². The quantitative estimate of drug-likeness (QED) is 0.779. The van der Waals surface area contributed by atoms with E-state index >= 15 is 0 Å². The number of anilines is 3. The Kier molecular flexibility index (Phi) is 3.06. The molecule has 4 nitrogen and oxygen atoms in total. The summed E-state index contributed by atoms with van der Waals surface area (Å²) in [6, 6.07) is 13.1. The number of benzene rings is 2. The van der Waals surface area contributed by atoms with Gasteiger partial charge in [0.25, 0.3) is 5.91 Å². The summed E-state index contributed by atoms with van der Waals surface area (Å²) in [5.41, 5.74) is 15.3. The second-order valence-electron chi connectivity index (χ2n) is 5.04. The first-order chi connectivity index (χ1) is 9.66. The van der Waals surface area contributed by atoms with Gasteiger partial charge in [0.15, 0.2) is 0 Å². The number of hydrogen-bond donors (Lipinski definition) is 2. The van der Waals surface area contributed by atoms with Crippen LogP contribution in [0.1, 0.15) is 22.3 Å². The van der Waals surface area contributed by atoms with E-state index in [-0.39, 0.29) is 5.91 Å². The van der Waals surface area contributed by atoms with Crippen molar-refractivity contribution in [2.75, 3.05) is 22.9 Å². The minimum absolute atomic E-state index is 0.0605. The SMILES string of the molecule is Nc1ccc(C(=O)N2CCCc3ccccc32)c(N)c1. The lowest BCUT2D eigenvalue weighted by atomic mass is 10.0. The zero-order valence-corrected chi connectivity index (χ0v) is 11.2. The lowest BCUT2D eigenvalue weighted by Crippen LogP contribution is -2.35. The standard InChI is InChI=1S/C16H17N3O/c17-12-7-8-13(14(18)10-12)16(20)19-9-3-5-11-4-1-2-6-15(11)19/h1-2,4,6-8,10H,3,5,9,17-18H2. The molecule has 2 aromatic carbocycles. The van der Waals surface area contributed by atoms with Gasteiger partial charge in [-0.1, -0.05) is 18.2 Å². The van der Waals surface area contributed by atoms with Gasteiger partial charge in [-0.15, -0.1) is 0 Å². The summed E-state index contributed by atoms with van der Waals surface area (Å²) < 4.78 is 0. The van der Waals surface area contributed by atoms with Gasteiger partial charge in [0.05, 0.1) is 5.56 Å². The Bertz CT molecular complexity index is 667. The Balaban J connectivity index is 2.00. The van der Waals surface area contributed by atoms with Crippen molar-refractivity contribution in [3.63, 3.8) is 0 Å². The third-order valence-corrected chi connectivity index (χ3v) is 3.66. The van der Waals surface area contributed by atoms with Gasteiger partial charge < -0.3 is 16.4 Å². The molecule has 4 heteroatoms. The smallest absolute Gasteiger partial charge is 0.260 e. The van der Waals surface area contributed by atoms with Crippen molar-refractivity contribution in [2.45, 2.75) is 12.8 Å². The number of hydrogen-bond acceptors (Lipinski definition) is 3. The van der Waals surface area contributed by atoms with Gasteiger partial charge >= 0.3 is 0 Å². The Morgan fingerprint density at radius 2 is 1.90 bits per heavy atom. The number of carbonyl (C=O) groups is 1. The van der Waals surface area contributed by atoms with E-state index in [1.165, 1.54) is 5.56 Å². The van der Waals surface area contributed by atoms with Gasteiger partial charge in [0.2, 0.25) is 0 Å². The Morgan fingerprint density at radius 3 is 2.70 bits per heavy atom. The van der Waals surface area contributed by atoms with E-state index in [0.717, 1.165) is 25.1 Å². The molecular weight excluding hydrogens is 250 g/mol. The summed E-state index contributed by atoms with van der Waals surface area (Å²) in [5.74, 6) is -0.0605. The molecule has 1 amide bonds. The molecule has 0 aromatic heterocycles. The minimum atomic E-state index is -0.0605. The van der Waals surface area contributed by atoms with Crippen molar-refractivity contribution in [2.24, 2.45) is 0 Å². The fourth-order valence-corrected chi connectivity index (χ4v) is 2.67. The van der Waals surface area contributed by atoms with Crippen LogP contribution >= 0.6 is 0 Å². The molecule has 0 aliphatic carbocycles. The highest BCUT2D eigenvalue weighted by Gasteiger charge is 2.24. The molecule has 0 spiro atoms. The van der Waals surface area contributed by atoms with Gasteiger partial charge in [-0.2, -0.15) is 0 Å². The molecule has 0 unspecified atom stereocenters. The first kappa shape index (κ1) is 12.5. The number of fused-ring (bicyclic) bond motifs is 1. The minimum Gasteiger partial charge on any atom is -0.399 e. The van der Waals surface area contributed by atoms with Gasteiger partial charge in [-0.3, -0.25) is 4.79 Å². The van der Waals surface area contributed by atoms with Gasteiger partial charge in [-0.25, -0.2) is 0 Å². The molecular formula is C16H17N3O. The summed E-state index contributed by atoms with van der Waals surface area (Å²) >= 11 is 0. The van der Waals surface area contributed by atoms with E-state index in [1.807, 2.05) is 18.2 Å². The summed E-state index contributed by atoms with van der Waals surface area (Å²) in [4.78, 5) is 14.5. The topological polar surface area (TPSA) is 72.4 Å². The predicted molar refractivity (Wildman–Crippen MR) is 81.7 cm³/mol.